The van der Waals surface area contributed by atoms with Crippen molar-refractivity contribution in [3.05, 3.63) is 35.6 Å². The van der Waals surface area contributed by atoms with E-state index in [-0.39, 0.29) is 30.3 Å². The largest absolute Gasteiger partial charge is 0.396 e. The lowest BCUT2D eigenvalue weighted by molar-refractivity contribution is 0.0816. The van der Waals surface area contributed by atoms with Gasteiger partial charge in [-0.15, -0.1) is 0 Å². The van der Waals surface area contributed by atoms with Crippen molar-refractivity contribution in [2.24, 2.45) is 17.8 Å². The number of benzene rings is 1. The van der Waals surface area contributed by atoms with Gasteiger partial charge in [0.25, 0.3) is 5.91 Å². The van der Waals surface area contributed by atoms with Gasteiger partial charge in [-0.1, -0.05) is 0 Å². The molecule has 0 aliphatic carbocycles. The number of halogens is 1. The van der Waals surface area contributed by atoms with Gasteiger partial charge in [-0.05, 0) is 67.7 Å². The topological polar surface area (TPSA) is 95.9 Å². The van der Waals surface area contributed by atoms with Crippen LogP contribution in [0.25, 0.3) is 0 Å². The SMILES string of the molecule is COCCC(C1CCN(S(C)(=O)=O)CC1)C(CCO)CNC(=O)c1ccc(F)cc1. The molecule has 2 atom stereocenters. The minimum Gasteiger partial charge on any atom is -0.396 e. The van der Waals surface area contributed by atoms with Crippen LogP contribution in [0, 0.1) is 23.6 Å². The van der Waals surface area contributed by atoms with E-state index in [0.29, 0.717) is 38.2 Å². The quantitative estimate of drug-likeness (QED) is 0.543. The van der Waals surface area contributed by atoms with E-state index in [2.05, 4.69) is 5.32 Å². The summed E-state index contributed by atoms with van der Waals surface area (Å²) < 4.78 is 43.5. The van der Waals surface area contributed by atoms with Crippen molar-refractivity contribution >= 4 is 15.9 Å². The fraction of sp³-hybridized carbons (Fsp3) is 0.667. The highest BCUT2D eigenvalue weighted by Gasteiger charge is 2.34. The third-order valence-electron chi connectivity index (χ3n) is 5.97. The summed E-state index contributed by atoms with van der Waals surface area (Å²) in [6.45, 7) is 1.92. The summed E-state index contributed by atoms with van der Waals surface area (Å²) in [4.78, 5) is 12.4. The number of carbonyl (C=O) groups is 1. The van der Waals surface area contributed by atoms with E-state index >= 15 is 0 Å². The number of nitrogens with zero attached hydrogens (tertiary/aromatic N) is 1. The van der Waals surface area contributed by atoms with Gasteiger partial charge < -0.3 is 15.2 Å². The average Bonchev–Trinajstić information content (AvgIpc) is 2.72. The van der Waals surface area contributed by atoms with Gasteiger partial charge in [0, 0.05) is 45.5 Å². The van der Waals surface area contributed by atoms with Gasteiger partial charge >= 0.3 is 0 Å². The van der Waals surface area contributed by atoms with Crippen LogP contribution in [0.1, 0.15) is 36.0 Å². The molecule has 7 nitrogen and oxygen atoms in total. The normalized spacial score (nSPS) is 18.1. The first-order valence-corrected chi connectivity index (χ1v) is 12.2. The highest BCUT2D eigenvalue weighted by molar-refractivity contribution is 7.88. The number of rotatable bonds is 11. The molecule has 0 saturated carbocycles. The monoisotopic (exact) mass is 444 g/mol. The van der Waals surface area contributed by atoms with Crippen LogP contribution in [0.15, 0.2) is 24.3 Å². The molecule has 1 fully saturated rings. The fourth-order valence-electron chi connectivity index (χ4n) is 4.31. The van der Waals surface area contributed by atoms with Gasteiger partial charge in [0.2, 0.25) is 10.0 Å². The molecule has 1 aromatic rings. The molecule has 0 radical (unpaired) electrons. The van der Waals surface area contributed by atoms with Crippen LogP contribution in [0.4, 0.5) is 4.39 Å². The molecule has 1 aliphatic rings. The predicted molar refractivity (Wildman–Crippen MR) is 113 cm³/mol. The highest BCUT2D eigenvalue weighted by atomic mass is 32.2. The van der Waals surface area contributed by atoms with Crippen molar-refractivity contribution in [1.29, 1.82) is 0 Å². The van der Waals surface area contributed by atoms with Crippen molar-refractivity contribution in [2.75, 3.05) is 46.2 Å². The van der Waals surface area contributed by atoms with E-state index < -0.39 is 15.8 Å². The molecule has 0 spiro atoms. The first kappa shape index (κ1) is 24.7. The van der Waals surface area contributed by atoms with Gasteiger partial charge in [0.1, 0.15) is 5.82 Å². The minimum atomic E-state index is -3.19. The van der Waals surface area contributed by atoms with Gasteiger partial charge in [-0.3, -0.25) is 4.79 Å². The maximum Gasteiger partial charge on any atom is 0.251 e. The molecule has 9 heteroatoms. The summed E-state index contributed by atoms with van der Waals surface area (Å²) >= 11 is 0. The second kappa shape index (κ2) is 11.7. The standard InChI is InChI=1S/C21H33FN2O5S/c1-29-14-10-20(16-7-11-24(12-8-16)30(2,27)28)18(9-13-25)15-23-21(26)17-3-5-19(22)6-4-17/h3-6,16,18,20,25H,7-15H2,1-2H3,(H,23,26). The lowest BCUT2D eigenvalue weighted by Crippen LogP contribution is -2.43. The summed E-state index contributed by atoms with van der Waals surface area (Å²) in [5, 5.41) is 12.5. The van der Waals surface area contributed by atoms with Crippen molar-refractivity contribution in [3.63, 3.8) is 0 Å². The number of aliphatic hydroxyl groups excluding tert-OH is 1. The van der Waals surface area contributed by atoms with Crippen LogP contribution in [-0.4, -0.2) is 70.0 Å². The zero-order chi connectivity index (χ0) is 22.1. The minimum absolute atomic E-state index is 0.00273. The molecule has 2 N–H and O–H groups in total. The molecular weight excluding hydrogens is 411 g/mol. The van der Waals surface area contributed by atoms with Crippen LogP contribution in [0.2, 0.25) is 0 Å². The third-order valence-corrected chi connectivity index (χ3v) is 7.27. The summed E-state index contributed by atoms with van der Waals surface area (Å²) in [7, 11) is -1.55. The molecule has 30 heavy (non-hydrogen) atoms. The zero-order valence-electron chi connectivity index (χ0n) is 17.7. The number of carbonyl (C=O) groups excluding carboxylic acids is 1. The highest BCUT2D eigenvalue weighted by Crippen LogP contribution is 2.34. The number of methoxy groups -OCH3 is 1. The van der Waals surface area contributed by atoms with E-state index in [4.69, 9.17) is 4.74 Å². The molecule has 1 aromatic carbocycles. The van der Waals surface area contributed by atoms with Crippen molar-refractivity contribution in [3.8, 4) is 0 Å². The van der Waals surface area contributed by atoms with Crippen molar-refractivity contribution in [1.82, 2.24) is 9.62 Å². The maximum atomic E-state index is 13.1. The number of ether oxygens (including phenoxy) is 1. The Morgan fingerprint density at radius 2 is 1.90 bits per heavy atom. The van der Waals surface area contributed by atoms with Gasteiger partial charge in [-0.2, -0.15) is 0 Å². The van der Waals surface area contributed by atoms with Crippen LogP contribution in [-0.2, 0) is 14.8 Å². The molecule has 1 amide bonds. The molecule has 0 aromatic heterocycles. The van der Waals surface area contributed by atoms with Crippen LogP contribution in [0.5, 0.6) is 0 Å². The summed E-state index contributed by atoms with van der Waals surface area (Å²) in [5.41, 5.74) is 0.383. The second-order valence-electron chi connectivity index (χ2n) is 7.93. The van der Waals surface area contributed by atoms with E-state index in [1.54, 1.807) is 7.11 Å². The number of nitrogens with one attached hydrogen (secondary N) is 1. The Morgan fingerprint density at radius 3 is 2.43 bits per heavy atom. The lowest BCUT2D eigenvalue weighted by Gasteiger charge is -2.38. The first-order chi connectivity index (χ1) is 14.3. The van der Waals surface area contributed by atoms with Gasteiger partial charge in [0.05, 0.1) is 6.26 Å². The molecule has 2 rings (SSSR count). The van der Waals surface area contributed by atoms with E-state index in [9.17, 15) is 22.7 Å². The van der Waals surface area contributed by atoms with Gasteiger partial charge in [0.15, 0.2) is 0 Å². The number of hydrogen-bond donors (Lipinski definition) is 2. The molecule has 170 valence electrons. The second-order valence-corrected chi connectivity index (χ2v) is 9.92. The number of sulfonamides is 1. The molecular formula is C21H33FN2O5S. The Kier molecular flexibility index (Phi) is 9.67. The van der Waals surface area contributed by atoms with E-state index in [1.165, 1.54) is 34.8 Å². The number of hydrogen-bond acceptors (Lipinski definition) is 5. The Morgan fingerprint density at radius 1 is 1.27 bits per heavy atom. The van der Waals surface area contributed by atoms with Crippen molar-refractivity contribution < 1.29 is 27.4 Å². The molecule has 1 saturated heterocycles. The van der Waals surface area contributed by atoms with E-state index in [1.807, 2.05) is 0 Å². The third kappa shape index (κ3) is 7.30. The Bertz CT molecular complexity index is 764. The molecule has 0 bridgehead atoms. The smallest absolute Gasteiger partial charge is 0.251 e. The Hall–Kier alpha value is -1.55. The predicted octanol–water partition coefficient (Wildman–Crippen LogP) is 1.88. The van der Waals surface area contributed by atoms with Crippen LogP contribution in [0.3, 0.4) is 0 Å². The maximum absolute atomic E-state index is 13.1. The number of piperidine rings is 1. The fourth-order valence-corrected chi connectivity index (χ4v) is 5.18. The molecule has 2 unspecified atom stereocenters. The number of aliphatic hydroxyl groups is 1. The zero-order valence-corrected chi connectivity index (χ0v) is 18.5. The average molecular weight is 445 g/mol. The Balaban J connectivity index is 2.05. The lowest BCUT2D eigenvalue weighted by atomic mass is 9.74. The van der Waals surface area contributed by atoms with Crippen LogP contribution >= 0.6 is 0 Å². The summed E-state index contributed by atoms with van der Waals surface area (Å²) in [6.07, 6.45) is 4.03. The van der Waals surface area contributed by atoms with Gasteiger partial charge in [-0.25, -0.2) is 17.1 Å². The Labute approximate surface area is 178 Å². The molecule has 1 aliphatic heterocycles. The first-order valence-electron chi connectivity index (χ1n) is 10.3. The summed E-state index contributed by atoms with van der Waals surface area (Å²) in [5.74, 6) is -0.172. The van der Waals surface area contributed by atoms with Crippen molar-refractivity contribution in [2.45, 2.75) is 25.7 Å². The number of amides is 1. The van der Waals surface area contributed by atoms with E-state index in [0.717, 1.165) is 19.3 Å². The molecule has 1 heterocycles. The van der Waals surface area contributed by atoms with Crippen LogP contribution < -0.4 is 5.32 Å². The summed E-state index contributed by atoms with van der Waals surface area (Å²) in [6, 6.07) is 5.37.